The Morgan fingerprint density at radius 2 is 1.83 bits per heavy atom. The number of hydrogen-bond donors (Lipinski definition) is 2. The van der Waals surface area contributed by atoms with Crippen molar-refractivity contribution in [2.24, 2.45) is 0 Å². The standard InChI is InChI=1S/C17H15Cl2NO4/c18-11-5-4-10(8-12(11)19)15-9-20(6-7-24-15)17(23)16-13(21)2-1-3-14(16)22/h1-5,8,15,21-22H,6-7,9H2/t15-/m1/s1. The molecule has 1 aliphatic heterocycles. The topological polar surface area (TPSA) is 70.0 Å². The molecule has 126 valence electrons. The quantitative estimate of drug-likeness (QED) is 0.850. The van der Waals surface area contributed by atoms with E-state index < -0.39 is 5.91 Å². The Hall–Kier alpha value is -1.95. The van der Waals surface area contributed by atoms with E-state index in [0.29, 0.717) is 23.2 Å². The maximum Gasteiger partial charge on any atom is 0.261 e. The Labute approximate surface area is 149 Å². The van der Waals surface area contributed by atoms with E-state index in [0.717, 1.165) is 5.56 Å². The fourth-order valence-electron chi connectivity index (χ4n) is 2.65. The van der Waals surface area contributed by atoms with Crippen LogP contribution in [-0.4, -0.2) is 40.7 Å². The number of carbonyl (C=O) groups excluding carboxylic acids is 1. The molecular weight excluding hydrogens is 353 g/mol. The molecule has 2 aromatic rings. The number of phenolic OH excluding ortho intramolecular Hbond substituents is 2. The zero-order chi connectivity index (χ0) is 17.3. The Balaban J connectivity index is 1.83. The summed E-state index contributed by atoms with van der Waals surface area (Å²) in [6.45, 7) is 0.986. The van der Waals surface area contributed by atoms with Gasteiger partial charge in [0, 0.05) is 6.54 Å². The van der Waals surface area contributed by atoms with E-state index in [4.69, 9.17) is 27.9 Å². The Morgan fingerprint density at radius 1 is 1.12 bits per heavy atom. The van der Waals surface area contributed by atoms with Gasteiger partial charge in [-0.15, -0.1) is 0 Å². The molecule has 1 amide bonds. The summed E-state index contributed by atoms with van der Waals surface area (Å²) in [4.78, 5) is 14.2. The average molecular weight is 368 g/mol. The first-order valence-electron chi connectivity index (χ1n) is 7.34. The maximum atomic E-state index is 12.6. The minimum absolute atomic E-state index is 0.104. The van der Waals surface area contributed by atoms with Gasteiger partial charge in [-0.2, -0.15) is 0 Å². The second kappa shape index (κ2) is 6.89. The normalized spacial score (nSPS) is 17.8. The van der Waals surface area contributed by atoms with E-state index in [1.807, 2.05) is 0 Å². The van der Waals surface area contributed by atoms with Crippen LogP contribution in [0.25, 0.3) is 0 Å². The van der Waals surface area contributed by atoms with Gasteiger partial charge >= 0.3 is 0 Å². The number of ether oxygens (including phenoxy) is 1. The third-order valence-electron chi connectivity index (χ3n) is 3.90. The zero-order valence-corrected chi connectivity index (χ0v) is 14.1. The van der Waals surface area contributed by atoms with Crippen molar-refractivity contribution < 1.29 is 19.7 Å². The molecule has 0 aliphatic carbocycles. The van der Waals surface area contributed by atoms with Gasteiger partial charge in [0.05, 0.1) is 23.2 Å². The number of amides is 1. The lowest BCUT2D eigenvalue weighted by molar-refractivity contribution is -0.0229. The van der Waals surface area contributed by atoms with Crippen LogP contribution in [0.4, 0.5) is 0 Å². The fraction of sp³-hybridized carbons (Fsp3) is 0.235. The number of carbonyl (C=O) groups is 1. The van der Waals surface area contributed by atoms with Crippen molar-refractivity contribution in [1.82, 2.24) is 4.90 Å². The molecule has 24 heavy (non-hydrogen) atoms. The molecular formula is C17H15Cl2NO4. The van der Waals surface area contributed by atoms with E-state index in [2.05, 4.69) is 0 Å². The highest BCUT2D eigenvalue weighted by Gasteiger charge is 2.29. The minimum atomic E-state index is -0.445. The first kappa shape index (κ1) is 16.9. The zero-order valence-electron chi connectivity index (χ0n) is 12.6. The van der Waals surface area contributed by atoms with Crippen LogP contribution in [0.5, 0.6) is 11.5 Å². The summed E-state index contributed by atoms with van der Waals surface area (Å²) in [5.74, 6) is -0.950. The maximum absolute atomic E-state index is 12.6. The molecule has 1 aliphatic rings. The Kier molecular flexibility index (Phi) is 4.85. The van der Waals surface area contributed by atoms with Crippen LogP contribution in [0.15, 0.2) is 36.4 Å². The smallest absolute Gasteiger partial charge is 0.261 e. The summed E-state index contributed by atoms with van der Waals surface area (Å²) in [5.41, 5.74) is 0.704. The predicted molar refractivity (Wildman–Crippen MR) is 90.8 cm³/mol. The third kappa shape index (κ3) is 3.29. The second-order valence-electron chi connectivity index (χ2n) is 5.46. The number of nitrogens with zero attached hydrogens (tertiary/aromatic N) is 1. The van der Waals surface area contributed by atoms with Gasteiger partial charge in [0.25, 0.3) is 5.91 Å². The molecule has 0 aromatic heterocycles. The molecule has 3 rings (SSSR count). The van der Waals surface area contributed by atoms with Gasteiger partial charge in [-0.25, -0.2) is 0 Å². The van der Waals surface area contributed by atoms with Crippen molar-refractivity contribution in [3.05, 3.63) is 57.6 Å². The van der Waals surface area contributed by atoms with Crippen LogP contribution in [-0.2, 0) is 4.74 Å². The van der Waals surface area contributed by atoms with Gasteiger partial charge in [-0.05, 0) is 29.8 Å². The van der Waals surface area contributed by atoms with Crippen LogP contribution in [0.2, 0.25) is 10.0 Å². The second-order valence-corrected chi connectivity index (χ2v) is 6.27. The van der Waals surface area contributed by atoms with E-state index in [9.17, 15) is 15.0 Å². The van der Waals surface area contributed by atoms with Gasteiger partial charge in [-0.3, -0.25) is 4.79 Å². The summed E-state index contributed by atoms with van der Waals surface area (Å²) in [6, 6.07) is 9.38. The highest BCUT2D eigenvalue weighted by molar-refractivity contribution is 6.42. The number of halogens is 2. The largest absolute Gasteiger partial charge is 0.507 e. The predicted octanol–water partition coefficient (Wildman–Crippen LogP) is 3.62. The third-order valence-corrected chi connectivity index (χ3v) is 4.64. The highest BCUT2D eigenvalue weighted by atomic mass is 35.5. The summed E-state index contributed by atoms with van der Waals surface area (Å²) in [6.07, 6.45) is -0.356. The molecule has 7 heteroatoms. The molecule has 1 heterocycles. The van der Waals surface area contributed by atoms with E-state index in [-0.39, 0.29) is 29.7 Å². The van der Waals surface area contributed by atoms with Crippen molar-refractivity contribution in [2.45, 2.75) is 6.10 Å². The molecule has 1 atom stereocenters. The lowest BCUT2D eigenvalue weighted by Crippen LogP contribution is -2.42. The minimum Gasteiger partial charge on any atom is -0.507 e. The molecule has 1 saturated heterocycles. The van der Waals surface area contributed by atoms with E-state index >= 15 is 0 Å². The van der Waals surface area contributed by atoms with Crippen LogP contribution in [0, 0.1) is 0 Å². The summed E-state index contributed by atoms with van der Waals surface area (Å²) < 4.78 is 5.72. The molecule has 0 spiro atoms. The molecule has 5 nitrogen and oxygen atoms in total. The lowest BCUT2D eigenvalue weighted by Gasteiger charge is -2.33. The first-order valence-corrected chi connectivity index (χ1v) is 8.09. The van der Waals surface area contributed by atoms with E-state index in [1.165, 1.54) is 23.1 Å². The number of hydrogen-bond acceptors (Lipinski definition) is 4. The molecule has 2 N–H and O–H groups in total. The van der Waals surface area contributed by atoms with Gasteiger partial charge < -0.3 is 19.8 Å². The Morgan fingerprint density at radius 3 is 2.50 bits per heavy atom. The number of rotatable bonds is 2. The fourth-order valence-corrected chi connectivity index (χ4v) is 2.96. The molecule has 0 unspecified atom stereocenters. The van der Waals surface area contributed by atoms with Gasteiger partial charge in [-0.1, -0.05) is 35.3 Å². The highest BCUT2D eigenvalue weighted by Crippen LogP contribution is 2.32. The molecule has 1 fully saturated rings. The van der Waals surface area contributed by atoms with Crippen LogP contribution < -0.4 is 0 Å². The van der Waals surface area contributed by atoms with Crippen molar-refractivity contribution in [2.75, 3.05) is 19.7 Å². The number of phenols is 2. The van der Waals surface area contributed by atoms with Crippen molar-refractivity contribution in [3.63, 3.8) is 0 Å². The molecule has 0 saturated carbocycles. The van der Waals surface area contributed by atoms with Crippen molar-refractivity contribution in [3.8, 4) is 11.5 Å². The van der Waals surface area contributed by atoms with Crippen LogP contribution in [0.3, 0.4) is 0 Å². The van der Waals surface area contributed by atoms with Crippen molar-refractivity contribution in [1.29, 1.82) is 0 Å². The van der Waals surface area contributed by atoms with Crippen LogP contribution in [0.1, 0.15) is 22.0 Å². The summed E-state index contributed by atoms with van der Waals surface area (Å²) in [5, 5.41) is 20.6. The van der Waals surface area contributed by atoms with Crippen molar-refractivity contribution >= 4 is 29.1 Å². The number of morpholine rings is 1. The van der Waals surface area contributed by atoms with Gasteiger partial charge in [0.15, 0.2) is 0 Å². The van der Waals surface area contributed by atoms with Gasteiger partial charge in [0.1, 0.15) is 23.2 Å². The van der Waals surface area contributed by atoms with Crippen LogP contribution >= 0.6 is 23.2 Å². The average Bonchev–Trinajstić information content (AvgIpc) is 2.57. The molecule has 0 radical (unpaired) electrons. The molecule has 2 aromatic carbocycles. The SMILES string of the molecule is O=C(c1c(O)cccc1O)N1CCO[C@@H](c2ccc(Cl)c(Cl)c2)C1. The number of aromatic hydroxyl groups is 2. The lowest BCUT2D eigenvalue weighted by atomic mass is 10.1. The summed E-state index contributed by atoms with van der Waals surface area (Å²) in [7, 11) is 0. The Bertz CT molecular complexity index is 761. The first-order chi connectivity index (χ1) is 11.5. The van der Waals surface area contributed by atoms with E-state index in [1.54, 1.807) is 18.2 Å². The molecule has 0 bridgehead atoms. The van der Waals surface area contributed by atoms with Gasteiger partial charge in [0.2, 0.25) is 0 Å². The summed E-state index contributed by atoms with van der Waals surface area (Å²) >= 11 is 12.0. The monoisotopic (exact) mass is 367 g/mol. The number of benzene rings is 2.